The van der Waals surface area contributed by atoms with Crippen LogP contribution in [-0.2, 0) is 5.41 Å². The molecule has 0 radical (unpaired) electrons. The molecule has 0 bridgehead atoms. The summed E-state index contributed by atoms with van der Waals surface area (Å²) in [5.41, 5.74) is 7.68. The van der Waals surface area contributed by atoms with Crippen molar-refractivity contribution in [2.45, 2.75) is 63.5 Å². The van der Waals surface area contributed by atoms with Crippen LogP contribution >= 0.6 is 0 Å². The summed E-state index contributed by atoms with van der Waals surface area (Å²) in [5, 5.41) is 1.48. The average Bonchev–Trinajstić information content (AvgIpc) is 2.77. The highest BCUT2D eigenvalue weighted by Gasteiger charge is 2.42. The van der Waals surface area contributed by atoms with E-state index in [1.807, 2.05) is 32.0 Å². The van der Waals surface area contributed by atoms with E-state index < -0.39 is 17.0 Å². The first-order chi connectivity index (χ1) is 14.8. The lowest BCUT2D eigenvalue weighted by molar-refractivity contribution is 0.103. The number of aromatic nitrogens is 1. The van der Waals surface area contributed by atoms with E-state index in [-0.39, 0.29) is 17.7 Å². The molecule has 0 spiro atoms. The third kappa shape index (κ3) is 3.97. The van der Waals surface area contributed by atoms with Crippen molar-refractivity contribution in [3.63, 3.8) is 0 Å². The van der Waals surface area contributed by atoms with Crippen LogP contribution < -0.4 is 16.0 Å². The molecule has 1 aliphatic carbocycles. The van der Waals surface area contributed by atoms with Crippen LogP contribution in [0.1, 0.15) is 50.2 Å². The van der Waals surface area contributed by atoms with Gasteiger partial charge in [-0.25, -0.2) is 8.78 Å². The number of nitrogens with two attached hydrogens (primary N) is 1. The largest absolute Gasteiger partial charge is 0.490 e. The molecule has 1 saturated carbocycles. The zero-order valence-electron chi connectivity index (χ0n) is 17.9. The van der Waals surface area contributed by atoms with Gasteiger partial charge in [-0.05, 0) is 85.9 Å². The second-order valence-corrected chi connectivity index (χ2v) is 8.63. The third-order valence-electron chi connectivity index (χ3n) is 6.83. The summed E-state index contributed by atoms with van der Waals surface area (Å²) >= 11 is 0. The molecule has 31 heavy (non-hydrogen) atoms. The minimum Gasteiger partial charge on any atom is -0.490 e. The molecule has 1 heterocycles. The monoisotopic (exact) mass is 426 g/mol. The van der Waals surface area contributed by atoms with E-state index in [0.29, 0.717) is 5.39 Å². The number of benzene rings is 2. The maximum atomic E-state index is 14.0. The molecular formula is C25H28F2N2O2. The fraction of sp³-hybridized carbons (Fsp3) is 0.400. The summed E-state index contributed by atoms with van der Waals surface area (Å²) in [6, 6.07) is 9.64. The molecule has 3 N–H and O–H groups in total. The quantitative estimate of drug-likeness (QED) is 0.596. The highest BCUT2D eigenvalue weighted by Crippen LogP contribution is 2.44. The first kappa shape index (κ1) is 21.5. The van der Waals surface area contributed by atoms with Crippen LogP contribution in [0.25, 0.3) is 10.8 Å². The molecule has 4 nitrogen and oxygen atoms in total. The predicted octanol–water partition coefficient (Wildman–Crippen LogP) is 5.11. The Morgan fingerprint density at radius 1 is 1.16 bits per heavy atom. The molecule has 0 aliphatic heterocycles. The van der Waals surface area contributed by atoms with Gasteiger partial charge in [0.05, 0.1) is 6.10 Å². The molecule has 1 aliphatic rings. The summed E-state index contributed by atoms with van der Waals surface area (Å²) in [4.78, 5) is 14.7. The van der Waals surface area contributed by atoms with E-state index in [4.69, 9.17) is 10.5 Å². The van der Waals surface area contributed by atoms with Gasteiger partial charge in [0.1, 0.15) is 5.75 Å². The van der Waals surface area contributed by atoms with E-state index in [1.165, 1.54) is 12.1 Å². The lowest BCUT2D eigenvalue weighted by atomic mass is 9.64. The Hall–Kier alpha value is -2.73. The Morgan fingerprint density at radius 3 is 2.58 bits per heavy atom. The summed E-state index contributed by atoms with van der Waals surface area (Å²) in [6.45, 7) is 3.96. The standard InChI is InChI=1S/C25H28F2N2O2/c1-3-23(28)25(17-4-5-20(26)21(27)14-17)9-6-18(7-10-25)31-22-13-16-8-11-29-24(30)19(16)12-15(22)2/h4-5,8,11-14,18,23H,3,6-7,9-10,28H2,1-2H3,(H,29,30)/t18-,23-,25-/m1/s1. The van der Waals surface area contributed by atoms with Gasteiger partial charge in [-0.3, -0.25) is 4.79 Å². The number of aromatic amines is 1. The van der Waals surface area contributed by atoms with Crippen molar-refractivity contribution >= 4 is 10.8 Å². The summed E-state index contributed by atoms with van der Waals surface area (Å²) in [5.74, 6) is -0.907. The Morgan fingerprint density at radius 2 is 1.90 bits per heavy atom. The molecule has 1 aromatic heterocycles. The van der Waals surface area contributed by atoms with Crippen molar-refractivity contribution in [2.75, 3.05) is 0 Å². The number of halogens is 2. The lowest BCUT2D eigenvalue weighted by Gasteiger charge is -2.44. The molecule has 4 rings (SSSR count). The third-order valence-corrected chi connectivity index (χ3v) is 6.83. The zero-order chi connectivity index (χ0) is 22.2. The van der Waals surface area contributed by atoms with Crippen LogP contribution in [0.4, 0.5) is 8.78 Å². The molecule has 0 unspecified atom stereocenters. The Bertz CT molecular complexity index is 1150. The van der Waals surface area contributed by atoms with Crippen molar-refractivity contribution in [3.8, 4) is 5.75 Å². The topological polar surface area (TPSA) is 68.1 Å². The van der Waals surface area contributed by atoms with E-state index in [9.17, 15) is 13.6 Å². The van der Waals surface area contributed by atoms with Crippen LogP contribution in [0.15, 0.2) is 47.4 Å². The van der Waals surface area contributed by atoms with Gasteiger partial charge in [-0.2, -0.15) is 0 Å². The maximum Gasteiger partial charge on any atom is 0.255 e. The minimum absolute atomic E-state index is 0.000577. The number of rotatable bonds is 5. The van der Waals surface area contributed by atoms with Gasteiger partial charge in [-0.1, -0.05) is 13.0 Å². The smallest absolute Gasteiger partial charge is 0.255 e. The molecule has 6 heteroatoms. The molecule has 164 valence electrons. The first-order valence-corrected chi connectivity index (χ1v) is 10.8. The van der Waals surface area contributed by atoms with Crippen molar-refractivity contribution in [2.24, 2.45) is 5.73 Å². The SMILES string of the molecule is CC[C@@H](N)[C@]1(c2ccc(F)c(F)c2)CC[C@@H](Oc2cc3cc[nH]c(=O)c3cc2C)CC1. The highest BCUT2D eigenvalue weighted by molar-refractivity contribution is 5.83. The maximum absolute atomic E-state index is 14.0. The summed E-state index contributed by atoms with van der Waals surface area (Å²) in [6.07, 6.45) is 5.39. The number of fused-ring (bicyclic) bond motifs is 1. The van der Waals surface area contributed by atoms with Crippen LogP contribution in [-0.4, -0.2) is 17.1 Å². The number of nitrogens with one attached hydrogen (secondary N) is 1. The molecule has 1 fully saturated rings. The number of ether oxygens (including phenoxy) is 1. The number of hydrogen-bond acceptors (Lipinski definition) is 3. The highest BCUT2D eigenvalue weighted by atomic mass is 19.2. The van der Waals surface area contributed by atoms with Crippen molar-refractivity contribution < 1.29 is 13.5 Å². The molecule has 3 aromatic rings. The van der Waals surface area contributed by atoms with Crippen LogP contribution in [0.5, 0.6) is 5.75 Å². The molecule has 1 atom stereocenters. The van der Waals surface area contributed by atoms with Gasteiger partial charge in [0.15, 0.2) is 11.6 Å². The number of aryl methyl sites for hydroxylation is 1. The second-order valence-electron chi connectivity index (χ2n) is 8.63. The fourth-order valence-electron chi connectivity index (χ4n) is 4.92. The molecule has 2 aromatic carbocycles. The van der Waals surface area contributed by atoms with Crippen LogP contribution in [0.2, 0.25) is 0 Å². The second kappa shape index (κ2) is 8.42. The Labute approximate surface area is 180 Å². The van der Waals surface area contributed by atoms with Gasteiger partial charge < -0.3 is 15.5 Å². The number of H-pyrrole nitrogens is 1. The van der Waals surface area contributed by atoms with E-state index in [2.05, 4.69) is 4.98 Å². The molecule has 0 saturated heterocycles. The van der Waals surface area contributed by atoms with E-state index in [0.717, 1.165) is 54.4 Å². The van der Waals surface area contributed by atoms with Gasteiger partial charge in [-0.15, -0.1) is 0 Å². The van der Waals surface area contributed by atoms with Crippen molar-refractivity contribution in [3.05, 3.63) is 75.7 Å². The van der Waals surface area contributed by atoms with Gasteiger partial charge in [0.2, 0.25) is 0 Å². The Balaban J connectivity index is 1.56. The van der Waals surface area contributed by atoms with Crippen molar-refractivity contribution in [1.82, 2.24) is 4.98 Å². The van der Waals surface area contributed by atoms with Crippen molar-refractivity contribution in [1.29, 1.82) is 0 Å². The normalized spacial score (nSPS) is 22.4. The van der Waals surface area contributed by atoms with Gasteiger partial charge >= 0.3 is 0 Å². The number of pyridine rings is 1. The van der Waals surface area contributed by atoms with Gasteiger partial charge in [0.25, 0.3) is 5.56 Å². The Kier molecular flexibility index (Phi) is 5.84. The predicted molar refractivity (Wildman–Crippen MR) is 118 cm³/mol. The molecule has 0 amide bonds. The summed E-state index contributed by atoms with van der Waals surface area (Å²) < 4.78 is 33.8. The van der Waals surface area contributed by atoms with E-state index in [1.54, 1.807) is 12.3 Å². The lowest BCUT2D eigenvalue weighted by Crippen LogP contribution is -2.49. The average molecular weight is 427 g/mol. The van der Waals surface area contributed by atoms with E-state index >= 15 is 0 Å². The fourth-order valence-corrected chi connectivity index (χ4v) is 4.92. The first-order valence-electron chi connectivity index (χ1n) is 10.8. The van der Waals surface area contributed by atoms with Crippen LogP contribution in [0.3, 0.4) is 0 Å². The van der Waals surface area contributed by atoms with Crippen LogP contribution in [0, 0.1) is 18.6 Å². The summed E-state index contributed by atoms with van der Waals surface area (Å²) in [7, 11) is 0. The molecular weight excluding hydrogens is 398 g/mol. The van der Waals surface area contributed by atoms with Gasteiger partial charge in [0, 0.05) is 23.0 Å². The number of hydrogen-bond donors (Lipinski definition) is 2. The minimum atomic E-state index is -0.841. The zero-order valence-corrected chi connectivity index (χ0v) is 17.9.